The normalized spacial score (nSPS) is 33.4. The predicted octanol–water partition coefficient (Wildman–Crippen LogP) is 2.21. The van der Waals surface area contributed by atoms with Crippen molar-refractivity contribution in [3.05, 3.63) is 54.6 Å². The van der Waals surface area contributed by atoms with Crippen LogP contribution < -0.4 is 4.90 Å². The van der Waals surface area contributed by atoms with Gasteiger partial charge in [-0.2, -0.15) is 0 Å². The molecule has 3 heterocycles. The number of rotatable bonds is 2. The molecule has 5 rings (SSSR count). The van der Waals surface area contributed by atoms with Crippen LogP contribution in [0, 0.1) is 11.8 Å². The van der Waals surface area contributed by atoms with E-state index in [-0.39, 0.29) is 5.91 Å². The number of aliphatic carboxylic acids is 1. The Bertz CT molecular complexity index is 915. The summed E-state index contributed by atoms with van der Waals surface area (Å²) in [6.07, 6.45) is 3.17. The standard InChI is InChI=1S/C19H15NO4/c21-17-16-15(18(22)23)14-8-9-19(16,24-14)10-20(17)13-7-3-5-11-4-1-2-6-12(11)13/h1-9,14-16H,10H2,(H,22,23)/t14-,15-,16+,19-/m1/s1. The van der Waals surface area contributed by atoms with Crippen molar-refractivity contribution in [2.24, 2.45) is 11.8 Å². The van der Waals surface area contributed by atoms with Gasteiger partial charge in [0.2, 0.25) is 5.91 Å². The van der Waals surface area contributed by atoms with Crippen LogP contribution in [0.4, 0.5) is 5.69 Å². The average molecular weight is 321 g/mol. The summed E-state index contributed by atoms with van der Waals surface area (Å²) in [5, 5.41) is 11.6. The quantitative estimate of drug-likeness (QED) is 0.861. The van der Waals surface area contributed by atoms with Crippen LogP contribution in [0.15, 0.2) is 54.6 Å². The minimum absolute atomic E-state index is 0.161. The van der Waals surface area contributed by atoms with Gasteiger partial charge < -0.3 is 14.7 Å². The van der Waals surface area contributed by atoms with Gasteiger partial charge in [0.15, 0.2) is 0 Å². The first-order valence-electron chi connectivity index (χ1n) is 8.00. The van der Waals surface area contributed by atoms with Crippen molar-refractivity contribution in [3.63, 3.8) is 0 Å². The average Bonchev–Trinajstić information content (AvgIpc) is 3.22. The summed E-state index contributed by atoms with van der Waals surface area (Å²) in [6.45, 7) is 0.362. The lowest BCUT2D eigenvalue weighted by molar-refractivity contribution is -0.146. The van der Waals surface area contributed by atoms with E-state index in [9.17, 15) is 14.7 Å². The summed E-state index contributed by atoms with van der Waals surface area (Å²) < 4.78 is 5.94. The second-order valence-corrected chi connectivity index (χ2v) is 6.66. The molecule has 4 atom stereocenters. The molecule has 2 bridgehead atoms. The molecule has 3 aliphatic rings. The molecule has 1 spiro atoms. The smallest absolute Gasteiger partial charge is 0.310 e. The number of carbonyl (C=O) groups is 2. The molecule has 2 aromatic carbocycles. The van der Waals surface area contributed by atoms with Crippen LogP contribution in [-0.2, 0) is 14.3 Å². The van der Waals surface area contributed by atoms with Crippen LogP contribution in [0.25, 0.3) is 10.8 Å². The SMILES string of the molecule is O=C(O)[C@H]1[C@H]2C(=O)N(c3cccc4ccccc34)C[C@]23C=C[C@H]1O3. The van der Waals surface area contributed by atoms with Crippen molar-refractivity contribution in [2.75, 3.05) is 11.4 Å². The van der Waals surface area contributed by atoms with E-state index >= 15 is 0 Å². The van der Waals surface area contributed by atoms with Gasteiger partial charge in [0.05, 0.1) is 24.3 Å². The molecule has 0 saturated carbocycles. The Morgan fingerprint density at radius 3 is 2.83 bits per heavy atom. The van der Waals surface area contributed by atoms with Gasteiger partial charge in [-0.05, 0) is 11.5 Å². The molecule has 3 aliphatic heterocycles. The van der Waals surface area contributed by atoms with Crippen molar-refractivity contribution < 1.29 is 19.4 Å². The molecule has 0 aromatic heterocycles. The molecule has 2 saturated heterocycles. The van der Waals surface area contributed by atoms with Crippen LogP contribution in [0.5, 0.6) is 0 Å². The number of fused-ring (bicyclic) bond motifs is 2. The lowest BCUT2D eigenvalue weighted by Gasteiger charge is -2.22. The number of nitrogens with zero attached hydrogens (tertiary/aromatic N) is 1. The summed E-state index contributed by atoms with van der Waals surface area (Å²) >= 11 is 0. The first-order chi connectivity index (χ1) is 11.6. The third kappa shape index (κ3) is 1.57. The Balaban J connectivity index is 1.64. The summed E-state index contributed by atoms with van der Waals surface area (Å²) in [6, 6.07) is 13.7. The number of ether oxygens (including phenoxy) is 1. The lowest BCUT2D eigenvalue weighted by atomic mass is 9.77. The van der Waals surface area contributed by atoms with Crippen LogP contribution in [0.1, 0.15) is 0 Å². The van der Waals surface area contributed by atoms with Gasteiger partial charge in [-0.25, -0.2) is 0 Å². The molecule has 0 radical (unpaired) electrons. The van der Waals surface area contributed by atoms with E-state index in [1.165, 1.54) is 0 Å². The maximum absolute atomic E-state index is 13.1. The van der Waals surface area contributed by atoms with Crippen LogP contribution in [-0.4, -0.2) is 35.2 Å². The number of anilines is 1. The van der Waals surface area contributed by atoms with Crippen molar-refractivity contribution in [1.82, 2.24) is 0 Å². The van der Waals surface area contributed by atoms with Gasteiger partial charge >= 0.3 is 5.97 Å². The van der Waals surface area contributed by atoms with E-state index in [0.717, 1.165) is 16.5 Å². The molecule has 2 aromatic rings. The van der Waals surface area contributed by atoms with Gasteiger partial charge in [-0.3, -0.25) is 9.59 Å². The molecule has 2 fully saturated rings. The van der Waals surface area contributed by atoms with Crippen molar-refractivity contribution in [1.29, 1.82) is 0 Å². The fourth-order valence-corrected chi connectivity index (χ4v) is 4.43. The highest BCUT2D eigenvalue weighted by molar-refractivity contribution is 6.08. The third-order valence-corrected chi connectivity index (χ3v) is 5.44. The fraction of sp³-hybridized carbons (Fsp3) is 0.263. The Kier molecular flexibility index (Phi) is 2.55. The highest BCUT2D eigenvalue weighted by atomic mass is 16.5. The van der Waals surface area contributed by atoms with Gasteiger partial charge in [-0.1, -0.05) is 48.6 Å². The number of carbonyl (C=O) groups excluding carboxylic acids is 1. The Morgan fingerprint density at radius 2 is 2.00 bits per heavy atom. The molecular weight excluding hydrogens is 306 g/mol. The van der Waals surface area contributed by atoms with Crippen LogP contribution >= 0.6 is 0 Å². The minimum atomic E-state index is -0.968. The Hall–Kier alpha value is -2.66. The highest BCUT2D eigenvalue weighted by Crippen LogP contribution is 2.53. The zero-order valence-corrected chi connectivity index (χ0v) is 12.8. The molecule has 120 valence electrons. The number of amides is 1. The summed E-state index contributed by atoms with van der Waals surface area (Å²) in [7, 11) is 0. The molecule has 1 N–H and O–H groups in total. The maximum Gasteiger partial charge on any atom is 0.310 e. The number of benzene rings is 2. The zero-order valence-electron chi connectivity index (χ0n) is 12.8. The summed E-state index contributed by atoms with van der Waals surface area (Å²) in [5.41, 5.74) is 0.00772. The minimum Gasteiger partial charge on any atom is -0.481 e. The van der Waals surface area contributed by atoms with Crippen LogP contribution in [0.3, 0.4) is 0 Å². The topological polar surface area (TPSA) is 66.8 Å². The molecular formula is C19H15NO4. The monoisotopic (exact) mass is 321 g/mol. The van der Waals surface area contributed by atoms with Crippen molar-refractivity contribution in [2.45, 2.75) is 11.7 Å². The lowest BCUT2D eigenvalue weighted by Crippen LogP contribution is -2.39. The van der Waals surface area contributed by atoms with Gasteiger partial charge in [0.25, 0.3) is 0 Å². The van der Waals surface area contributed by atoms with Gasteiger partial charge in [0, 0.05) is 5.39 Å². The van der Waals surface area contributed by atoms with Gasteiger partial charge in [-0.15, -0.1) is 0 Å². The van der Waals surface area contributed by atoms with E-state index in [1.54, 1.807) is 11.0 Å². The number of carboxylic acid groups (broad SMARTS) is 1. The summed E-state index contributed by atoms with van der Waals surface area (Å²) in [4.78, 5) is 26.4. The largest absolute Gasteiger partial charge is 0.481 e. The van der Waals surface area contributed by atoms with E-state index in [1.807, 2.05) is 48.5 Å². The summed E-state index contributed by atoms with van der Waals surface area (Å²) in [5.74, 6) is -2.58. The van der Waals surface area contributed by atoms with Crippen molar-refractivity contribution in [3.8, 4) is 0 Å². The Morgan fingerprint density at radius 1 is 1.21 bits per heavy atom. The molecule has 0 unspecified atom stereocenters. The zero-order chi connectivity index (χ0) is 16.5. The molecule has 5 heteroatoms. The van der Waals surface area contributed by atoms with E-state index in [0.29, 0.717) is 6.54 Å². The van der Waals surface area contributed by atoms with Gasteiger partial charge in [0.1, 0.15) is 11.5 Å². The fourth-order valence-electron chi connectivity index (χ4n) is 4.43. The number of hydrogen-bond donors (Lipinski definition) is 1. The second-order valence-electron chi connectivity index (χ2n) is 6.66. The molecule has 5 nitrogen and oxygen atoms in total. The molecule has 1 amide bonds. The maximum atomic E-state index is 13.1. The second kappa shape index (κ2) is 4.45. The van der Waals surface area contributed by atoms with Crippen molar-refractivity contribution >= 4 is 28.3 Å². The molecule has 0 aliphatic carbocycles. The van der Waals surface area contributed by atoms with E-state index in [4.69, 9.17) is 4.74 Å². The first kappa shape index (κ1) is 13.7. The Labute approximate surface area is 138 Å². The first-order valence-corrected chi connectivity index (χ1v) is 8.00. The predicted molar refractivity (Wildman–Crippen MR) is 87.7 cm³/mol. The van der Waals surface area contributed by atoms with E-state index < -0.39 is 29.5 Å². The number of carboxylic acids is 1. The highest BCUT2D eigenvalue weighted by Gasteiger charge is 2.67. The van der Waals surface area contributed by atoms with E-state index in [2.05, 4.69) is 0 Å². The molecule has 24 heavy (non-hydrogen) atoms. The number of hydrogen-bond acceptors (Lipinski definition) is 3. The third-order valence-electron chi connectivity index (χ3n) is 5.44. The van der Waals surface area contributed by atoms with Crippen LogP contribution in [0.2, 0.25) is 0 Å².